The molecule has 0 amide bonds. The Kier molecular flexibility index (Phi) is 3.04. The molecule has 1 N–H and O–H groups in total. The van der Waals surface area contributed by atoms with Crippen LogP contribution in [-0.2, 0) is 13.7 Å². The first-order chi connectivity index (χ1) is 8.18. The van der Waals surface area contributed by atoms with E-state index < -0.39 is 5.97 Å². The molecule has 0 bridgehead atoms. The minimum absolute atomic E-state index is 0.143. The lowest BCUT2D eigenvalue weighted by molar-refractivity contribution is 0.0693. The van der Waals surface area contributed by atoms with Gasteiger partial charge in [-0.25, -0.2) is 4.79 Å². The third-order valence-electron chi connectivity index (χ3n) is 2.30. The molecule has 0 spiro atoms. The van der Waals surface area contributed by atoms with Crippen molar-refractivity contribution in [3.8, 4) is 5.75 Å². The summed E-state index contributed by atoms with van der Waals surface area (Å²) >= 11 is 0. The summed E-state index contributed by atoms with van der Waals surface area (Å²) in [6, 6.07) is 3.50. The first-order valence-electron chi connectivity index (χ1n) is 4.95. The highest BCUT2D eigenvalue weighted by Gasteiger charge is 2.15. The maximum atomic E-state index is 10.9. The number of nitrogens with zero attached hydrogens (tertiary/aromatic N) is 3. The fourth-order valence-corrected chi connectivity index (χ4v) is 1.40. The van der Waals surface area contributed by atoms with Crippen LogP contribution in [0.4, 0.5) is 0 Å². The van der Waals surface area contributed by atoms with E-state index in [2.05, 4.69) is 10.1 Å². The van der Waals surface area contributed by atoms with Gasteiger partial charge in [-0.1, -0.05) is 0 Å². The monoisotopic (exact) mass is 233 g/mol. The quantitative estimate of drug-likeness (QED) is 0.855. The third-order valence-corrected chi connectivity index (χ3v) is 2.30. The lowest BCUT2D eigenvalue weighted by Gasteiger charge is -2.06. The lowest BCUT2D eigenvalue weighted by Crippen LogP contribution is -2.08. The number of rotatable bonds is 4. The van der Waals surface area contributed by atoms with Crippen LogP contribution in [0.2, 0.25) is 0 Å². The van der Waals surface area contributed by atoms with Gasteiger partial charge in [-0.15, -0.1) is 0 Å². The first kappa shape index (κ1) is 11.1. The van der Waals surface area contributed by atoms with Gasteiger partial charge in [0.2, 0.25) is 0 Å². The van der Waals surface area contributed by atoms with Gasteiger partial charge >= 0.3 is 5.97 Å². The number of ether oxygens (including phenoxy) is 1. The van der Waals surface area contributed by atoms with E-state index in [-0.39, 0.29) is 12.2 Å². The van der Waals surface area contributed by atoms with Crippen LogP contribution in [-0.4, -0.2) is 25.8 Å². The summed E-state index contributed by atoms with van der Waals surface area (Å²) in [6.45, 7) is 0.143. The Bertz CT molecular complexity index is 522. The average Bonchev–Trinajstić information content (AvgIpc) is 2.69. The molecule has 0 radical (unpaired) electrons. The molecule has 88 valence electrons. The van der Waals surface area contributed by atoms with Crippen LogP contribution >= 0.6 is 0 Å². The van der Waals surface area contributed by atoms with E-state index in [1.54, 1.807) is 31.6 Å². The first-order valence-corrected chi connectivity index (χ1v) is 4.95. The zero-order chi connectivity index (χ0) is 12.3. The van der Waals surface area contributed by atoms with Crippen molar-refractivity contribution in [2.24, 2.45) is 7.05 Å². The average molecular weight is 233 g/mol. The summed E-state index contributed by atoms with van der Waals surface area (Å²) in [4.78, 5) is 14.8. The Balaban J connectivity index is 2.14. The summed E-state index contributed by atoms with van der Waals surface area (Å²) < 4.78 is 6.92. The van der Waals surface area contributed by atoms with E-state index in [9.17, 15) is 4.79 Å². The molecule has 6 nitrogen and oxygen atoms in total. The summed E-state index contributed by atoms with van der Waals surface area (Å²) in [5, 5.41) is 12.8. The molecule has 17 heavy (non-hydrogen) atoms. The number of pyridine rings is 1. The Morgan fingerprint density at radius 1 is 1.53 bits per heavy atom. The van der Waals surface area contributed by atoms with Gasteiger partial charge in [0.05, 0.1) is 18.1 Å². The Hall–Kier alpha value is -2.37. The molecular weight excluding hydrogens is 222 g/mol. The molecule has 0 aromatic carbocycles. The molecule has 0 unspecified atom stereocenters. The topological polar surface area (TPSA) is 77.2 Å². The minimum Gasteiger partial charge on any atom is -0.486 e. The molecule has 0 saturated carbocycles. The van der Waals surface area contributed by atoms with E-state index >= 15 is 0 Å². The van der Waals surface area contributed by atoms with E-state index in [0.29, 0.717) is 11.4 Å². The maximum Gasteiger partial charge on any atom is 0.339 e. The van der Waals surface area contributed by atoms with Crippen molar-refractivity contribution in [1.29, 1.82) is 0 Å². The second-order valence-electron chi connectivity index (χ2n) is 3.41. The largest absolute Gasteiger partial charge is 0.486 e. The minimum atomic E-state index is -1.01. The van der Waals surface area contributed by atoms with E-state index in [1.165, 1.54) is 10.9 Å². The van der Waals surface area contributed by atoms with Gasteiger partial charge in [-0.3, -0.25) is 9.67 Å². The van der Waals surface area contributed by atoms with Crippen LogP contribution in [0.25, 0.3) is 0 Å². The van der Waals surface area contributed by atoms with Crippen molar-refractivity contribution in [3.05, 3.63) is 42.0 Å². The Morgan fingerprint density at radius 3 is 3.00 bits per heavy atom. The van der Waals surface area contributed by atoms with Crippen molar-refractivity contribution >= 4 is 5.97 Å². The Labute approximate surface area is 97.5 Å². The Morgan fingerprint density at radius 2 is 2.35 bits per heavy atom. The molecule has 2 aromatic rings. The van der Waals surface area contributed by atoms with Crippen LogP contribution < -0.4 is 4.74 Å². The van der Waals surface area contributed by atoms with Crippen molar-refractivity contribution in [2.75, 3.05) is 0 Å². The molecule has 2 aromatic heterocycles. The number of carboxylic acids is 1. The van der Waals surface area contributed by atoms with Gasteiger partial charge in [-0.05, 0) is 12.1 Å². The second-order valence-corrected chi connectivity index (χ2v) is 3.41. The van der Waals surface area contributed by atoms with Crippen molar-refractivity contribution in [3.63, 3.8) is 0 Å². The SMILES string of the molecule is Cn1ncc(C(=O)O)c1COc1cccnc1. The van der Waals surface area contributed by atoms with E-state index in [1.807, 2.05) is 0 Å². The number of aromatic carboxylic acids is 1. The molecule has 0 aliphatic heterocycles. The molecular formula is C11H11N3O3. The smallest absolute Gasteiger partial charge is 0.339 e. The van der Waals surface area contributed by atoms with Crippen LogP contribution in [0, 0.1) is 0 Å². The molecule has 0 aliphatic carbocycles. The van der Waals surface area contributed by atoms with Crippen LogP contribution in [0.5, 0.6) is 5.75 Å². The molecule has 0 fully saturated rings. The van der Waals surface area contributed by atoms with E-state index in [4.69, 9.17) is 9.84 Å². The lowest BCUT2D eigenvalue weighted by atomic mass is 10.2. The standard InChI is InChI=1S/C11H11N3O3/c1-14-10(9(6-13-14)11(15)16)7-17-8-3-2-4-12-5-8/h2-6H,7H2,1H3,(H,15,16). The number of aromatic nitrogens is 3. The summed E-state index contributed by atoms with van der Waals surface area (Å²) in [5.74, 6) is -0.423. The summed E-state index contributed by atoms with van der Waals surface area (Å²) in [5.41, 5.74) is 0.665. The van der Waals surface area contributed by atoms with Gasteiger partial charge < -0.3 is 9.84 Å². The van der Waals surface area contributed by atoms with Gasteiger partial charge in [0.15, 0.2) is 0 Å². The van der Waals surface area contributed by atoms with Crippen LogP contribution in [0.15, 0.2) is 30.7 Å². The predicted molar refractivity (Wildman–Crippen MR) is 58.7 cm³/mol. The van der Waals surface area contributed by atoms with Crippen LogP contribution in [0.3, 0.4) is 0 Å². The fourth-order valence-electron chi connectivity index (χ4n) is 1.40. The number of hydrogen-bond acceptors (Lipinski definition) is 4. The highest BCUT2D eigenvalue weighted by molar-refractivity contribution is 5.88. The zero-order valence-corrected chi connectivity index (χ0v) is 9.20. The fraction of sp³-hybridized carbons (Fsp3) is 0.182. The number of carboxylic acid groups (broad SMARTS) is 1. The maximum absolute atomic E-state index is 10.9. The normalized spacial score (nSPS) is 10.2. The molecule has 6 heteroatoms. The van der Waals surface area contributed by atoms with Crippen molar-refractivity contribution in [1.82, 2.24) is 14.8 Å². The molecule has 2 heterocycles. The molecule has 0 atom stereocenters. The van der Waals surface area contributed by atoms with Gasteiger partial charge in [0, 0.05) is 13.2 Å². The highest BCUT2D eigenvalue weighted by Crippen LogP contribution is 2.13. The van der Waals surface area contributed by atoms with E-state index in [0.717, 1.165) is 0 Å². The highest BCUT2D eigenvalue weighted by atomic mass is 16.5. The molecule has 0 saturated heterocycles. The number of carbonyl (C=O) groups is 1. The molecule has 2 rings (SSSR count). The van der Waals surface area contributed by atoms with Gasteiger partial charge in [0.25, 0.3) is 0 Å². The van der Waals surface area contributed by atoms with Gasteiger partial charge in [-0.2, -0.15) is 5.10 Å². The van der Waals surface area contributed by atoms with Crippen LogP contribution in [0.1, 0.15) is 16.1 Å². The second kappa shape index (κ2) is 4.65. The number of aryl methyl sites for hydroxylation is 1. The number of hydrogen-bond donors (Lipinski definition) is 1. The van der Waals surface area contributed by atoms with Crippen molar-refractivity contribution in [2.45, 2.75) is 6.61 Å². The molecule has 0 aliphatic rings. The van der Waals surface area contributed by atoms with Crippen molar-refractivity contribution < 1.29 is 14.6 Å². The zero-order valence-electron chi connectivity index (χ0n) is 9.20. The summed E-state index contributed by atoms with van der Waals surface area (Å²) in [7, 11) is 1.67. The summed E-state index contributed by atoms with van der Waals surface area (Å²) in [6.07, 6.45) is 4.51. The third kappa shape index (κ3) is 2.41. The predicted octanol–water partition coefficient (Wildman–Crippen LogP) is 1.09. The van der Waals surface area contributed by atoms with Gasteiger partial charge in [0.1, 0.15) is 17.9 Å².